The van der Waals surface area contributed by atoms with Crippen molar-refractivity contribution in [3.63, 3.8) is 0 Å². The summed E-state index contributed by atoms with van der Waals surface area (Å²) in [5.41, 5.74) is 4.86. The summed E-state index contributed by atoms with van der Waals surface area (Å²) >= 11 is 0. The van der Waals surface area contributed by atoms with Crippen molar-refractivity contribution >= 4 is 5.91 Å². The van der Waals surface area contributed by atoms with Crippen molar-refractivity contribution in [1.82, 2.24) is 5.32 Å². The van der Waals surface area contributed by atoms with Gasteiger partial charge in [0.15, 0.2) is 0 Å². The van der Waals surface area contributed by atoms with Crippen LogP contribution in [0.1, 0.15) is 6.42 Å². The van der Waals surface area contributed by atoms with Crippen LogP contribution in [-0.2, 0) is 14.3 Å². The molecule has 4 N–H and O–H groups in total. The summed E-state index contributed by atoms with van der Waals surface area (Å²) in [7, 11) is 1.62. The van der Waals surface area contributed by atoms with Crippen molar-refractivity contribution in [2.75, 3.05) is 40.0 Å². The molecule has 0 aliphatic rings. The number of aliphatic hydroxyl groups excluding tert-OH is 1. The number of ether oxygens (including phenoxy) is 2. The van der Waals surface area contributed by atoms with Gasteiger partial charge in [-0.25, -0.2) is 0 Å². The Hall–Kier alpha value is -0.690. The molecule has 1 unspecified atom stereocenters. The van der Waals surface area contributed by atoms with E-state index in [4.69, 9.17) is 20.3 Å². The first kappa shape index (κ1) is 14.3. The van der Waals surface area contributed by atoms with E-state index in [1.807, 2.05) is 0 Å². The Morgan fingerprint density at radius 2 is 2.20 bits per heavy atom. The lowest BCUT2D eigenvalue weighted by atomic mass is 10.3. The third-order valence-corrected chi connectivity index (χ3v) is 1.74. The fraction of sp³-hybridized carbons (Fsp3) is 0.889. The van der Waals surface area contributed by atoms with E-state index >= 15 is 0 Å². The third-order valence-electron chi connectivity index (χ3n) is 1.74. The SMILES string of the molecule is COCCOCCCNCC(O)C(N)=O. The number of hydrogen-bond donors (Lipinski definition) is 3. The first-order chi connectivity index (χ1) is 7.18. The van der Waals surface area contributed by atoms with Crippen LogP contribution in [-0.4, -0.2) is 57.1 Å². The monoisotopic (exact) mass is 220 g/mol. The highest BCUT2D eigenvalue weighted by atomic mass is 16.5. The molecule has 0 aromatic carbocycles. The molecule has 1 atom stereocenters. The van der Waals surface area contributed by atoms with Crippen LogP contribution in [0.2, 0.25) is 0 Å². The molecule has 0 bridgehead atoms. The van der Waals surface area contributed by atoms with Crippen LogP contribution in [0.4, 0.5) is 0 Å². The zero-order valence-electron chi connectivity index (χ0n) is 9.07. The smallest absolute Gasteiger partial charge is 0.247 e. The maximum absolute atomic E-state index is 10.4. The molecule has 0 fully saturated rings. The molecule has 1 amide bonds. The zero-order chi connectivity index (χ0) is 11.5. The summed E-state index contributed by atoms with van der Waals surface area (Å²) in [6.45, 7) is 2.67. The highest BCUT2D eigenvalue weighted by Crippen LogP contribution is 1.83. The third kappa shape index (κ3) is 9.61. The molecular weight excluding hydrogens is 200 g/mol. The van der Waals surface area contributed by atoms with Gasteiger partial charge in [0.2, 0.25) is 5.91 Å². The lowest BCUT2D eigenvalue weighted by molar-refractivity contribution is -0.125. The summed E-state index contributed by atoms with van der Waals surface area (Å²) in [5, 5.41) is 11.9. The number of nitrogens with two attached hydrogens (primary N) is 1. The topological polar surface area (TPSA) is 93.8 Å². The average Bonchev–Trinajstić information content (AvgIpc) is 2.21. The molecule has 0 heterocycles. The Labute approximate surface area is 89.7 Å². The Balaban J connectivity index is 3.08. The fourth-order valence-electron chi connectivity index (χ4n) is 0.883. The molecule has 0 radical (unpaired) electrons. The Kier molecular flexibility index (Phi) is 9.40. The predicted octanol–water partition coefficient (Wildman–Crippen LogP) is -1.52. The molecule has 6 heteroatoms. The number of nitrogens with one attached hydrogen (secondary N) is 1. The van der Waals surface area contributed by atoms with Crippen molar-refractivity contribution in [2.45, 2.75) is 12.5 Å². The van der Waals surface area contributed by atoms with Gasteiger partial charge in [-0.15, -0.1) is 0 Å². The Morgan fingerprint density at radius 3 is 2.80 bits per heavy atom. The van der Waals surface area contributed by atoms with Gasteiger partial charge >= 0.3 is 0 Å². The number of methoxy groups -OCH3 is 1. The average molecular weight is 220 g/mol. The van der Waals surface area contributed by atoms with Gasteiger partial charge < -0.3 is 25.6 Å². The maximum Gasteiger partial charge on any atom is 0.247 e. The van der Waals surface area contributed by atoms with E-state index in [0.29, 0.717) is 26.4 Å². The van der Waals surface area contributed by atoms with Gasteiger partial charge in [0, 0.05) is 20.3 Å². The van der Waals surface area contributed by atoms with Gasteiger partial charge in [-0.3, -0.25) is 4.79 Å². The van der Waals surface area contributed by atoms with Crippen LogP contribution in [0.5, 0.6) is 0 Å². The van der Waals surface area contributed by atoms with Crippen LogP contribution >= 0.6 is 0 Å². The van der Waals surface area contributed by atoms with Gasteiger partial charge in [-0.05, 0) is 13.0 Å². The number of aliphatic hydroxyl groups is 1. The summed E-state index contributed by atoms with van der Waals surface area (Å²) in [6, 6.07) is 0. The second-order valence-electron chi connectivity index (χ2n) is 3.08. The van der Waals surface area contributed by atoms with E-state index in [1.54, 1.807) is 7.11 Å². The molecule has 90 valence electrons. The largest absolute Gasteiger partial charge is 0.382 e. The Morgan fingerprint density at radius 1 is 1.47 bits per heavy atom. The number of carbonyl (C=O) groups is 1. The number of rotatable bonds is 10. The predicted molar refractivity (Wildman–Crippen MR) is 55.4 cm³/mol. The normalized spacial score (nSPS) is 12.7. The van der Waals surface area contributed by atoms with Crippen molar-refractivity contribution in [2.24, 2.45) is 5.73 Å². The lowest BCUT2D eigenvalue weighted by Gasteiger charge is -2.08. The summed E-state index contributed by atoms with van der Waals surface area (Å²) < 4.78 is 10.0. The van der Waals surface area contributed by atoms with Crippen LogP contribution in [0.25, 0.3) is 0 Å². The molecule has 0 spiro atoms. The molecule has 6 nitrogen and oxygen atoms in total. The molecule has 0 aliphatic carbocycles. The summed E-state index contributed by atoms with van der Waals surface area (Å²) in [4.78, 5) is 10.4. The minimum Gasteiger partial charge on any atom is -0.382 e. The van der Waals surface area contributed by atoms with E-state index < -0.39 is 12.0 Å². The molecule has 0 aliphatic heterocycles. The van der Waals surface area contributed by atoms with Crippen LogP contribution in [0.15, 0.2) is 0 Å². The van der Waals surface area contributed by atoms with Gasteiger partial charge in [0.25, 0.3) is 0 Å². The number of carbonyl (C=O) groups excluding carboxylic acids is 1. The van der Waals surface area contributed by atoms with Gasteiger partial charge in [-0.2, -0.15) is 0 Å². The quantitative estimate of drug-likeness (QED) is 0.389. The van der Waals surface area contributed by atoms with Crippen molar-refractivity contribution in [1.29, 1.82) is 0 Å². The Bertz CT molecular complexity index is 166. The number of amides is 1. The number of primary amides is 1. The van der Waals surface area contributed by atoms with Crippen molar-refractivity contribution in [3.8, 4) is 0 Å². The van der Waals surface area contributed by atoms with Crippen LogP contribution in [0, 0.1) is 0 Å². The highest BCUT2D eigenvalue weighted by Gasteiger charge is 2.08. The van der Waals surface area contributed by atoms with Gasteiger partial charge in [0.05, 0.1) is 13.2 Å². The fourth-order valence-corrected chi connectivity index (χ4v) is 0.883. The van der Waals surface area contributed by atoms with Gasteiger partial charge in [-0.1, -0.05) is 0 Å². The first-order valence-electron chi connectivity index (χ1n) is 4.93. The second-order valence-corrected chi connectivity index (χ2v) is 3.08. The van der Waals surface area contributed by atoms with Crippen molar-refractivity contribution in [3.05, 3.63) is 0 Å². The van der Waals surface area contributed by atoms with Gasteiger partial charge in [0.1, 0.15) is 6.10 Å². The molecule has 15 heavy (non-hydrogen) atoms. The molecule has 0 aromatic rings. The van der Waals surface area contributed by atoms with Crippen LogP contribution in [0.3, 0.4) is 0 Å². The maximum atomic E-state index is 10.4. The lowest BCUT2D eigenvalue weighted by Crippen LogP contribution is -2.38. The van der Waals surface area contributed by atoms with E-state index in [1.165, 1.54) is 0 Å². The summed E-state index contributed by atoms with van der Waals surface area (Å²) in [5.74, 6) is -0.709. The van der Waals surface area contributed by atoms with Crippen LogP contribution < -0.4 is 11.1 Å². The first-order valence-corrected chi connectivity index (χ1v) is 4.93. The van der Waals surface area contributed by atoms with E-state index in [2.05, 4.69) is 5.32 Å². The molecule has 0 saturated carbocycles. The van der Waals surface area contributed by atoms with E-state index in [0.717, 1.165) is 6.42 Å². The second kappa shape index (κ2) is 9.85. The molecule has 0 saturated heterocycles. The number of hydrogen-bond acceptors (Lipinski definition) is 5. The standard InChI is InChI=1S/C9H20N2O4/c1-14-5-6-15-4-2-3-11-7-8(12)9(10)13/h8,11-12H,2-7H2,1H3,(H2,10,13). The zero-order valence-corrected chi connectivity index (χ0v) is 9.07. The molecule has 0 aromatic heterocycles. The minimum atomic E-state index is -1.11. The van der Waals surface area contributed by atoms with E-state index in [-0.39, 0.29) is 6.54 Å². The van der Waals surface area contributed by atoms with E-state index in [9.17, 15) is 4.79 Å². The molecular formula is C9H20N2O4. The van der Waals surface area contributed by atoms with Crippen molar-refractivity contribution < 1.29 is 19.4 Å². The summed E-state index contributed by atoms with van der Waals surface area (Å²) in [6.07, 6.45) is -0.297. The highest BCUT2D eigenvalue weighted by molar-refractivity contribution is 5.78. The molecule has 0 rings (SSSR count). The minimum absolute atomic E-state index is 0.188.